The molecule has 3 heterocycles. The van der Waals surface area contributed by atoms with Crippen LogP contribution in [0.15, 0.2) is 12.1 Å². The van der Waals surface area contributed by atoms with Gasteiger partial charge in [-0.15, -0.1) is 0 Å². The van der Waals surface area contributed by atoms with Gasteiger partial charge < -0.3 is 24.5 Å². The van der Waals surface area contributed by atoms with Crippen molar-refractivity contribution in [2.75, 3.05) is 57.3 Å². The standard InChI is InChI=1S/C23H32N4O4/c1-24-23-17-8-3-4-12-27(31-16-28)22(17)18-14-20(29-2)21(15-19(18)25-23)30-13-7-11-26-9-5-6-10-26/h14-16H,3-13H2,1-2H3,(H,24,25). The van der Waals surface area contributed by atoms with Crippen LogP contribution in [0.25, 0.3) is 10.9 Å². The predicted octanol–water partition coefficient (Wildman–Crippen LogP) is 3.38. The SMILES string of the molecule is CNc1nc2cc(OCCCN3CCCC3)c(OC)cc2c2c1CCCCN2OC=O. The van der Waals surface area contributed by atoms with Gasteiger partial charge in [-0.25, -0.2) is 10.0 Å². The zero-order chi connectivity index (χ0) is 21.6. The Morgan fingerprint density at radius 1 is 1.13 bits per heavy atom. The molecule has 2 aromatic rings. The van der Waals surface area contributed by atoms with Crippen LogP contribution in [0.3, 0.4) is 0 Å². The summed E-state index contributed by atoms with van der Waals surface area (Å²) in [6, 6.07) is 3.87. The topological polar surface area (TPSA) is 76.2 Å². The van der Waals surface area contributed by atoms with Crippen molar-refractivity contribution in [2.45, 2.75) is 38.5 Å². The number of hydrogen-bond acceptors (Lipinski definition) is 8. The lowest BCUT2D eigenvalue weighted by Gasteiger charge is -2.24. The monoisotopic (exact) mass is 428 g/mol. The maximum atomic E-state index is 11.2. The van der Waals surface area contributed by atoms with Crippen molar-refractivity contribution in [3.8, 4) is 11.5 Å². The number of hydroxylamine groups is 1. The van der Waals surface area contributed by atoms with Crippen LogP contribution in [0.5, 0.6) is 11.5 Å². The fourth-order valence-corrected chi connectivity index (χ4v) is 4.60. The molecule has 4 rings (SSSR count). The number of rotatable bonds is 9. The van der Waals surface area contributed by atoms with Crippen molar-refractivity contribution < 1.29 is 19.1 Å². The minimum atomic E-state index is 0.482. The lowest BCUT2D eigenvalue weighted by atomic mass is 10.0. The fraction of sp³-hybridized carbons (Fsp3) is 0.565. The van der Waals surface area contributed by atoms with Gasteiger partial charge in [0.05, 0.1) is 31.5 Å². The molecule has 0 spiro atoms. The summed E-state index contributed by atoms with van der Waals surface area (Å²) in [5.41, 5.74) is 2.70. The van der Waals surface area contributed by atoms with E-state index in [2.05, 4.69) is 10.2 Å². The smallest absolute Gasteiger partial charge is 0.320 e. The van der Waals surface area contributed by atoms with Gasteiger partial charge in [-0.1, -0.05) is 0 Å². The lowest BCUT2D eigenvalue weighted by molar-refractivity contribution is -0.130. The molecule has 0 atom stereocenters. The van der Waals surface area contributed by atoms with Crippen LogP contribution >= 0.6 is 0 Å². The van der Waals surface area contributed by atoms with Crippen LogP contribution in [-0.2, 0) is 16.1 Å². The van der Waals surface area contributed by atoms with Crippen molar-refractivity contribution in [3.63, 3.8) is 0 Å². The minimum Gasteiger partial charge on any atom is -0.493 e. The molecule has 8 heteroatoms. The highest BCUT2D eigenvalue weighted by Gasteiger charge is 2.25. The molecule has 0 bridgehead atoms. The number of nitrogens with one attached hydrogen (secondary N) is 1. The molecule has 2 aliphatic rings. The summed E-state index contributed by atoms with van der Waals surface area (Å²) in [7, 11) is 3.51. The van der Waals surface area contributed by atoms with Crippen molar-refractivity contribution in [3.05, 3.63) is 17.7 Å². The molecular weight excluding hydrogens is 396 g/mol. The molecule has 0 saturated carbocycles. The lowest BCUT2D eigenvalue weighted by Crippen LogP contribution is -2.24. The molecule has 1 aromatic heterocycles. The number of hydrogen-bond donors (Lipinski definition) is 1. The summed E-state index contributed by atoms with van der Waals surface area (Å²) in [6.07, 6.45) is 6.37. The molecule has 8 nitrogen and oxygen atoms in total. The van der Waals surface area contributed by atoms with Crippen molar-refractivity contribution in [1.29, 1.82) is 0 Å². The van der Waals surface area contributed by atoms with E-state index in [9.17, 15) is 4.79 Å². The molecule has 1 N–H and O–H groups in total. The van der Waals surface area contributed by atoms with Gasteiger partial charge in [0.25, 0.3) is 0 Å². The molecule has 0 radical (unpaired) electrons. The van der Waals surface area contributed by atoms with Crippen LogP contribution in [0.1, 0.15) is 37.7 Å². The number of nitrogens with zero attached hydrogens (tertiary/aromatic N) is 3. The van der Waals surface area contributed by atoms with E-state index < -0.39 is 0 Å². The van der Waals surface area contributed by atoms with Crippen LogP contribution in [-0.4, -0.2) is 63.3 Å². The normalized spacial score (nSPS) is 16.6. The predicted molar refractivity (Wildman–Crippen MR) is 121 cm³/mol. The Morgan fingerprint density at radius 3 is 2.68 bits per heavy atom. The molecule has 1 saturated heterocycles. The molecule has 0 amide bonds. The molecule has 1 fully saturated rings. The van der Waals surface area contributed by atoms with Crippen molar-refractivity contribution in [1.82, 2.24) is 9.88 Å². The number of aromatic nitrogens is 1. The first-order valence-corrected chi connectivity index (χ1v) is 11.2. The van der Waals surface area contributed by atoms with E-state index >= 15 is 0 Å². The van der Waals surface area contributed by atoms with E-state index in [1.165, 1.54) is 25.9 Å². The Hall–Kier alpha value is -2.74. The number of carbonyl (C=O) groups is 1. The summed E-state index contributed by atoms with van der Waals surface area (Å²) in [5, 5.41) is 5.77. The third-order valence-corrected chi connectivity index (χ3v) is 6.11. The highest BCUT2D eigenvalue weighted by molar-refractivity contribution is 5.98. The van der Waals surface area contributed by atoms with Crippen molar-refractivity contribution >= 4 is 28.9 Å². The largest absolute Gasteiger partial charge is 0.493 e. The minimum absolute atomic E-state index is 0.482. The quantitative estimate of drug-likeness (QED) is 0.481. The van der Waals surface area contributed by atoms with Gasteiger partial charge in [-0.3, -0.25) is 4.79 Å². The Morgan fingerprint density at radius 2 is 1.94 bits per heavy atom. The van der Waals surface area contributed by atoms with E-state index in [0.29, 0.717) is 31.1 Å². The zero-order valence-electron chi connectivity index (χ0n) is 18.5. The molecular formula is C23H32N4O4. The number of benzene rings is 1. The van der Waals surface area contributed by atoms with Gasteiger partial charge in [0.2, 0.25) is 0 Å². The first-order chi connectivity index (χ1) is 15.2. The van der Waals surface area contributed by atoms with E-state index in [0.717, 1.165) is 60.2 Å². The zero-order valence-corrected chi connectivity index (χ0v) is 18.5. The van der Waals surface area contributed by atoms with Gasteiger partial charge in [-0.05, 0) is 57.7 Å². The van der Waals surface area contributed by atoms with Gasteiger partial charge in [-0.2, -0.15) is 0 Å². The molecule has 168 valence electrons. The third-order valence-electron chi connectivity index (χ3n) is 6.11. The molecule has 0 unspecified atom stereocenters. The Kier molecular flexibility index (Phi) is 6.96. The number of fused-ring (bicyclic) bond motifs is 3. The first-order valence-electron chi connectivity index (χ1n) is 11.2. The van der Waals surface area contributed by atoms with Crippen LogP contribution < -0.4 is 19.9 Å². The van der Waals surface area contributed by atoms with Crippen LogP contribution in [0, 0.1) is 0 Å². The second-order valence-corrected chi connectivity index (χ2v) is 8.07. The summed E-state index contributed by atoms with van der Waals surface area (Å²) in [6.45, 7) is 5.20. The second-order valence-electron chi connectivity index (χ2n) is 8.07. The number of ether oxygens (including phenoxy) is 2. The third kappa shape index (κ3) is 4.63. The maximum Gasteiger partial charge on any atom is 0.320 e. The number of pyridine rings is 1. The number of likely N-dealkylation sites (tertiary alicyclic amines) is 1. The Balaban J connectivity index is 1.66. The van der Waals surface area contributed by atoms with E-state index in [1.807, 2.05) is 19.2 Å². The van der Waals surface area contributed by atoms with Gasteiger partial charge in [0.15, 0.2) is 11.5 Å². The van der Waals surface area contributed by atoms with Crippen LogP contribution in [0.4, 0.5) is 11.5 Å². The number of methoxy groups -OCH3 is 1. The average molecular weight is 429 g/mol. The molecule has 1 aromatic carbocycles. The van der Waals surface area contributed by atoms with Crippen molar-refractivity contribution in [2.24, 2.45) is 0 Å². The number of carbonyl (C=O) groups excluding carboxylic acids is 1. The summed E-state index contributed by atoms with van der Waals surface area (Å²) >= 11 is 0. The Bertz CT molecular complexity index is 914. The van der Waals surface area contributed by atoms with E-state index in [4.69, 9.17) is 19.3 Å². The maximum absolute atomic E-state index is 11.2. The Labute approximate surface area is 183 Å². The summed E-state index contributed by atoms with van der Waals surface area (Å²) in [4.78, 5) is 23.8. The summed E-state index contributed by atoms with van der Waals surface area (Å²) < 4.78 is 11.7. The van der Waals surface area contributed by atoms with E-state index in [1.54, 1.807) is 12.2 Å². The molecule has 0 aliphatic carbocycles. The summed E-state index contributed by atoms with van der Waals surface area (Å²) in [5.74, 6) is 2.14. The number of anilines is 2. The van der Waals surface area contributed by atoms with E-state index in [-0.39, 0.29) is 0 Å². The van der Waals surface area contributed by atoms with Gasteiger partial charge in [0, 0.05) is 30.6 Å². The average Bonchev–Trinajstić information content (AvgIpc) is 3.22. The van der Waals surface area contributed by atoms with Gasteiger partial charge >= 0.3 is 6.47 Å². The highest BCUT2D eigenvalue weighted by Crippen LogP contribution is 2.41. The van der Waals surface area contributed by atoms with Crippen LogP contribution in [0.2, 0.25) is 0 Å². The molecule has 2 aliphatic heterocycles. The second kappa shape index (κ2) is 10.0. The first kappa shape index (κ1) is 21.5. The van der Waals surface area contributed by atoms with Gasteiger partial charge in [0.1, 0.15) is 5.82 Å². The fourth-order valence-electron chi connectivity index (χ4n) is 4.60. The molecule has 31 heavy (non-hydrogen) atoms. The highest BCUT2D eigenvalue weighted by atomic mass is 16.7.